The third kappa shape index (κ3) is 2.93. The minimum atomic E-state index is -0.459. The molecular weight excluding hydrogens is 360 g/mol. The molecule has 5 rings (SSSR count). The molecule has 0 nitrogen and oxygen atoms in total. The van der Waals surface area contributed by atoms with Crippen molar-refractivity contribution in [2.45, 2.75) is 12.3 Å². The van der Waals surface area contributed by atoms with Gasteiger partial charge in [0.05, 0.1) is 5.41 Å². The van der Waals surface area contributed by atoms with Crippen molar-refractivity contribution >= 4 is 11.1 Å². The molecule has 1 radical (unpaired) electrons. The molecule has 0 heteroatoms. The lowest BCUT2D eigenvalue weighted by molar-refractivity contribution is 0.822. The van der Waals surface area contributed by atoms with E-state index >= 15 is 0 Å². The van der Waals surface area contributed by atoms with E-state index in [1.165, 1.54) is 39.0 Å². The van der Waals surface area contributed by atoms with Crippen molar-refractivity contribution in [1.29, 1.82) is 0 Å². The zero-order valence-corrected chi connectivity index (χ0v) is 17.0. The SMILES string of the molecule is CC1=[C]C(c2ccccc2)(c2ccccc2)C(c2ccccc2)=C1c1ccccc1. The average molecular weight is 384 g/mol. The largest absolute Gasteiger partial charge is 0.0719 e. The molecule has 0 heterocycles. The Morgan fingerprint density at radius 1 is 0.500 bits per heavy atom. The number of allylic oxidation sites excluding steroid dienone is 4. The molecule has 0 amide bonds. The first kappa shape index (κ1) is 18.4. The number of hydrogen-bond donors (Lipinski definition) is 0. The lowest BCUT2D eigenvalue weighted by Gasteiger charge is -2.33. The third-order valence-corrected chi connectivity index (χ3v) is 5.91. The van der Waals surface area contributed by atoms with Crippen molar-refractivity contribution in [3.8, 4) is 0 Å². The van der Waals surface area contributed by atoms with Crippen molar-refractivity contribution in [1.82, 2.24) is 0 Å². The van der Waals surface area contributed by atoms with Gasteiger partial charge in [0.15, 0.2) is 0 Å². The van der Waals surface area contributed by atoms with E-state index in [4.69, 9.17) is 0 Å². The molecule has 0 aliphatic heterocycles. The highest BCUT2D eigenvalue weighted by Gasteiger charge is 2.43. The minimum Gasteiger partial charge on any atom is -0.0622 e. The van der Waals surface area contributed by atoms with Crippen LogP contribution in [0.4, 0.5) is 0 Å². The van der Waals surface area contributed by atoms with E-state index in [0.29, 0.717) is 0 Å². The Kier molecular flexibility index (Phi) is 4.69. The van der Waals surface area contributed by atoms with Crippen LogP contribution in [0, 0.1) is 6.08 Å². The van der Waals surface area contributed by atoms with Crippen molar-refractivity contribution in [2.24, 2.45) is 0 Å². The lowest BCUT2D eigenvalue weighted by atomic mass is 9.68. The van der Waals surface area contributed by atoms with Gasteiger partial charge in [-0.1, -0.05) is 121 Å². The van der Waals surface area contributed by atoms with E-state index in [1.54, 1.807) is 0 Å². The minimum absolute atomic E-state index is 0.459. The molecule has 1 aliphatic rings. The standard InChI is InChI=1S/C30H23/c1-23-22-30(26-18-10-4-11-19-26,27-20-12-5-13-21-27)29(25-16-8-3-9-17-25)28(23)24-14-6-2-7-15-24/h2-21H,1H3. The first-order chi connectivity index (χ1) is 14.8. The van der Waals surface area contributed by atoms with E-state index in [0.717, 1.165) is 0 Å². The molecule has 30 heavy (non-hydrogen) atoms. The van der Waals surface area contributed by atoms with Crippen LogP contribution in [0.15, 0.2) is 127 Å². The highest BCUT2D eigenvalue weighted by molar-refractivity contribution is 6.06. The molecule has 1 aliphatic carbocycles. The Balaban J connectivity index is 1.92. The van der Waals surface area contributed by atoms with Crippen LogP contribution in [-0.4, -0.2) is 0 Å². The first-order valence-corrected chi connectivity index (χ1v) is 10.4. The molecule has 143 valence electrons. The second kappa shape index (κ2) is 7.65. The van der Waals surface area contributed by atoms with Crippen molar-refractivity contribution in [3.05, 3.63) is 155 Å². The molecule has 0 fully saturated rings. The second-order valence-corrected chi connectivity index (χ2v) is 7.71. The summed E-state index contributed by atoms with van der Waals surface area (Å²) in [6, 6.07) is 43.1. The number of benzene rings is 4. The molecule has 4 aromatic rings. The topological polar surface area (TPSA) is 0 Å². The maximum absolute atomic E-state index is 3.94. The summed E-state index contributed by atoms with van der Waals surface area (Å²) in [6.45, 7) is 2.19. The molecule has 0 aromatic heterocycles. The Morgan fingerprint density at radius 3 is 1.37 bits per heavy atom. The number of rotatable bonds is 4. The molecular formula is C30H23. The van der Waals surface area contributed by atoms with Gasteiger partial charge in [0, 0.05) is 0 Å². The Bertz CT molecular complexity index is 1160. The Labute approximate surface area is 178 Å². The fourth-order valence-corrected chi connectivity index (χ4v) is 4.69. The predicted octanol–water partition coefficient (Wildman–Crippen LogP) is 7.35. The van der Waals surface area contributed by atoms with Gasteiger partial charge >= 0.3 is 0 Å². The summed E-state index contributed by atoms with van der Waals surface area (Å²) >= 11 is 0. The third-order valence-electron chi connectivity index (χ3n) is 5.91. The average Bonchev–Trinajstić information content (AvgIpc) is 3.15. The van der Waals surface area contributed by atoms with Gasteiger partial charge in [-0.3, -0.25) is 0 Å². The van der Waals surface area contributed by atoms with E-state index in [2.05, 4.69) is 134 Å². The van der Waals surface area contributed by atoms with Crippen molar-refractivity contribution in [3.63, 3.8) is 0 Å². The monoisotopic (exact) mass is 383 g/mol. The molecule has 0 saturated heterocycles. The zero-order valence-electron chi connectivity index (χ0n) is 17.0. The van der Waals surface area contributed by atoms with Crippen LogP contribution >= 0.6 is 0 Å². The molecule has 0 unspecified atom stereocenters. The number of hydrogen-bond acceptors (Lipinski definition) is 0. The van der Waals surface area contributed by atoms with Crippen molar-refractivity contribution in [2.75, 3.05) is 0 Å². The van der Waals surface area contributed by atoms with Gasteiger partial charge in [0.1, 0.15) is 0 Å². The van der Waals surface area contributed by atoms with Gasteiger partial charge in [-0.2, -0.15) is 0 Å². The molecule has 0 spiro atoms. The van der Waals surface area contributed by atoms with Gasteiger partial charge in [0.2, 0.25) is 0 Å². The summed E-state index contributed by atoms with van der Waals surface area (Å²) in [5.74, 6) is 0. The quantitative estimate of drug-likeness (QED) is 0.346. The van der Waals surface area contributed by atoms with E-state index < -0.39 is 5.41 Å². The fourth-order valence-electron chi connectivity index (χ4n) is 4.69. The molecule has 0 saturated carbocycles. The maximum Gasteiger partial charge on any atom is 0.0719 e. The van der Waals surface area contributed by atoms with Crippen molar-refractivity contribution < 1.29 is 0 Å². The molecule has 0 atom stereocenters. The summed E-state index contributed by atoms with van der Waals surface area (Å²) in [6.07, 6.45) is 3.94. The van der Waals surface area contributed by atoms with Crippen LogP contribution in [0.25, 0.3) is 11.1 Å². The molecule has 0 N–H and O–H groups in total. The summed E-state index contributed by atoms with van der Waals surface area (Å²) in [5, 5.41) is 0. The lowest BCUT2D eigenvalue weighted by Crippen LogP contribution is -2.26. The van der Waals surface area contributed by atoms with Gasteiger partial charge in [-0.15, -0.1) is 0 Å². The maximum atomic E-state index is 3.94. The Morgan fingerprint density at radius 2 is 0.900 bits per heavy atom. The summed E-state index contributed by atoms with van der Waals surface area (Å²) in [5.41, 5.74) is 8.23. The van der Waals surface area contributed by atoms with Gasteiger partial charge in [-0.25, -0.2) is 0 Å². The van der Waals surface area contributed by atoms with E-state index in [1.807, 2.05) is 0 Å². The van der Waals surface area contributed by atoms with Crippen LogP contribution < -0.4 is 0 Å². The fraction of sp³-hybridized carbons (Fsp3) is 0.0667. The summed E-state index contributed by atoms with van der Waals surface area (Å²) in [4.78, 5) is 0. The predicted molar refractivity (Wildman–Crippen MR) is 126 cm³/mol. The molecule has 4 aromatic carbocycles. The first-order valence-electron chi connectivity index (χ1n) is 10.4. The van der Waals surface area contributed by atoms with Crippen LogP contribution in [-0.2, 0) is 5.41 Å². The molecule has 0 bridgehead atoms. The van der Waals surface area contributed by atoms with E-state index in [-0.39, 0.29) is 0 Å². The zero-order chi connectivity index (χ0) is 20.4. The smallest absolute Gasteiger partial charge is 0.0622 e. The summed E-state index contributed by atoms with van der Waals surface area (Å²) in [7, 11) is 0. The summed E-state index contributed by atoms with van der Waals surface area (Å²) < 4.78 is 0. The van der Waals surface area contributed by atoms with Gasteiger partial charge in [-0.05, 0) is 52.0 Å². The van der Waals surface area contributed by atoms with Crippen LogP contribution in [0.1, 0.15) is 29.2 Å². The second-order valence-electron chi connectivity index (χ2n) is 7.71. The Hall–Kier alpha value is -3.64. The normalized spacial score (nSPS) is 15.2. The van der Waals surface area contributed by atoms with E-state index in [9.17, 15) is 0 Å². The highest BCUT2D eigenvalue weighted by atomic mass is 14.4. The van der Waals surface area contributed by atoms with Crippen LogP contribution in [0.2, 0.25) is 0 Å². The highest BCUT2D eigenvalue weighted by Crippen LogP contribution is 2.54. The van der Waals surface area contributed by atoms with Crippen LogP contribution in [0.3, 0.4) is 0 Å². The van der Waals surface area contributed by atoms with Crippen LogP contribution in [0.5, 0.6) is 0 Å². The van der Waals surface area contributed by atoms with Gasteiger partial charge < -0.3 is 0 Å². The van der Waals surface area contributed by atoms with Gasteiger partial charge in [0.25, 0.3) is 0 Å².